The van der Waals surface area contributed by atoms with Gasteiger partial charge in [-0.3, -0.25) is 4.79 Å². The van der Waals surface area contributed by atoms with Gasteiger partial charge >= 0.3 is 6.09 Å². The molecule has 2 rings (SSSR count). The standard InChI is InChI=1S/C18H25N5O3/c1-13-6-7-15(23-21-10-11-22-23)14(12-13)16(24)19-8-5-9-20-17(25)26-18(2,3)4/h6-7,10-12H,5,8-9H2,1-4H3,(H,19,24)(H,20,25). The minimum absolute atomic E-state index is 0.210. The molecule has 0 aliphatic rings. The summed E-state index contributed by atoms with van der Waals surface area (Å²) in [5, 5.41) is 13.7. The summed E-state index contributed by atoms with van der Waals surface area (Å²) in [6, 6.07) is 5.52. The van der Waals surface area contributed by atoms with E-state index in [4.69, 9.17) is 4.74 Å². The second-order valence-corrected chi connectivity index (χ2v) is 6.88. The highest BCUT2D eigenvalue weighted by atomic mass is 16.6. The largest absolute Gasteiger partial charge is 0.444 e. The van der Waals surface area contributed by atoms with Gasteiger partial charge in [0.1, 0.15) is 5.60 Å². The summed E-state index contributed by atoms with van der Waals surface area (Å²) in [4.78, 5) is 25.5. The van der Waals surface area contributed by atoms with Crippen molar-refractivity contribution < 1.29 is 14.3 Å². The van der Waals surface area contributed by atoms with Crippen molar-refractivity contribution in [1.82, 2.24) is 25.6 Å². The van der Waals surface area contributed by atoms with E-state index in [2.05, 4.69) is 20.8 Å². The summed E-state index contributed by atoms with van der Waals surface area (Å²) in [5.74, 6) is -0.210. The van der Waals surface area contributed by atoms with E-state index in [1.54, 1.807) is 39.2 Å². The fourth-order valence-corrected chi connectivity index (χ4v) is 2.24. The number of rotatable bonds is 6. The minimum atomic E-state index is -0.527. The van der Waals surface area contributed by atoms with E-state index in [0.29, 0.717) is 30.8 Å². The minimum Gasteiger partial charge on any atom is -0.444 e. The normalized spacial score (nSPS) is 11.1. The van der Waals surface area contributed by atoms with Gasteiger partial charge in [-0.05, 0) is 46.2 Å². The van der Waals surface area contributed by atoms with Crippen LogP contribution in [-0.2, 0) is 4.74 Å². The van der Waals surface area contributed by atoms with Crippen LogP contribution < -0.4 is 10.6 Å². The lowest BCUT2D eigenvalue weighted by molar-refractivity contribution is 0.0527. The van der Waals surface area contributed by atoms with Crippen LogP contribution in [0.15, 0.2) is 30.6 Å². The van der Waals surface area contributed by atoms with Gasteiger partial charge in [-0.2, -0.15) is 15.0 Å². The molecule has 26 heavy (non-hydrogen) atoms. The Balaban J connectivity index is 1.85. The van der Waals surface area contributed by atoms with Crippen molar-refractivity contribution in [1.29, 1.82) is 0 Å². The van der Waals surface area contributed by atoms with Gasteiger partial charge < -0.3 is 15.4 Å². The molecule has 0 radical (unpaired) electrons. The first-order valence-electron chi connectivity index (χ1n) is 8.48. The molecule has 0 aliphatic heterocycles. The zero-order chi connectivity index (χ0) is 19.2. The third-order valence-electron chi connectivity index (χ3n) is 3.34. The van der Waals surface area contributed by atoms with Crippen LogP contribution in [-0.4, -0.2) is 45.7 Å². The molecule has 0 saturated carbocycles. The van der Waals surface area contributed by atoms with Gasteiger partial charge in [0.25, 0.3) is 5.91 Å². The van der Waals surface area contributed by atoms with Gasteiger partial charge in [-0.25, -0.2) is 4.79 Å². The number of carbonyl (C=O) groups is 2. The second kappa shape index (κ2) is 8.46. The Morgan fingerprint density at radius 3 is 2.42 bits per heavy atom. The van der Waals surface area contributed by atoms with Gasteiger partial charge in [0.2, 0.25) is 0 Å². The molecule has 0 bridgehead atoms. The molecule has 2 N–H and O–H groups in total. The summed E-state index contributed by atoms with van der Waals surface area (Å²) in [5.41, 5.74) is 1.56. The number of hydrogen-bond acceptors (Lipinski definition) is 5. The lowest BCUT2D eigenvalue weighted by atomic mass is 10.1. The Hall–Kier alpha value is -2.90. The Morgan fingerprint density at radius 1 is 1.12 bits per heavy atom. The van der Waals surface area contributed by atoms with Crippen LogP contribution in [0, 0.1) is 6.92 Å². The van der Waals surface area contributed by atoms with Crippen LogP contribution in [0.2, 0.25) is 0 Å². The topological polar surface area (TPSA) is 98.1 Å². The fourth-order valence-electron chi connectivity index (χ4n) is 2.24. The van der Waals surface area contributed by atoms with Crippen LogP contribution in [0.3, 0.4) is 0 Å². The van der Waals surface area contributed by atoms with Crippen LogP contribution >= 0.6 is 0 Å². The average molecular weight is 359 g/mol. The number of benzene rings is 1. The lowest BCUT2D eigenvalue weighted by Gasteiger charge is -2.19. The van der Waals surface area contributed by atoms with Gasteiger partial charge in [0.15, 0.2) is 0 Å². The van der Waals surface area contributed by atoms with Crippen molar-refractivity contribution in [3.63, 3.8) is 0 Å². The zero-order valence-corrected chi connectivity index (χ0v) is 15.6. The molecule has 1 aromatic carbocycles. The van der Waals surface area contributed by atoms with E-state index in [1.807, 2.05) is 19.1 Å². The van der Waals surface area contributed by atoms with Gasteiger partial charge in [0, 0.05) is 13.1 Å². The predicted octanol–water partition coefficient (Wildman–Crippen LogP) is 2.22. The lowest BCUT2D eigenvalue weighted by Crippen LogP contribution is -2.34. The van der Waals surface area contributed by atoms with Gasteiger partial charge in [-0.1, -0.05) is 11.6 Å². The number of aryl methyl sites for hydroxylation is 1. The molecule has 0 atom stereocenters. The summed E-state index contributed by atoms with van der Waals surface area (Å²) < 4.78 is 5.15. The summed E-state index contributed by atoms with van der Waals surface area (Å²) in [6.45, 7) is 8.18. The molecule has 0 spiro atoms. The van der Waals surface area contributed by atoms with Crippen molar-refractivity contribution in [2.45, 2.75) is 39.7 Å². The van der Waals surface area contributed by atoms with Crippen LogP contribution in [0.1, 0.15) is 43.1 Å². The maximum absolute atomic E-state index is 12.5. The average Bonchev–Trinajstić information content (AvgIpc) is 3.06. The first-order valence-corrected chi connectivity index (χ1v) is 8.48. The van der Waals surface area contributed by atoms with Crippen molar-refractivity contribution >= 4 is 12.0 Å². The SMILES string of the molecule is Cc1ccc(-n2nccn2)c(C(=O)NCCCNC(=O)OC(C)(C)C)c1. The van der Waals surface area contributed by atoms with Gasteiger partial charge in [-0.15, -0.1) is 0 Å². The Bertz CT molecular complexity index is 751. The van der Waals surface area contributed by atoms with Gasteiger partial charge in [0.05, 0.1) is 23.6 Å². The molecule has 0 aliphatic carbocycles. The molecule has 8 heteroatoms. The van der Waals surface area contributed by atoms with E-state index in [-0.39, 0.29) is 5.91 Å². The van der Waals surface area contributed by atoms with Crippen LogP contribution in [0.4, 0.5) is 4.79 Å². The van der Waals surface area contributed by atoms with E-state index in [0.717, 1.165) is 5.56 Å². The number of amides is 2. The Morgan fingerprint density at radius 2 is 1.77 bits per heavy atom. The number of ether oxygens (including phenoxy) is 1. The molecule has 0 fully saturated rings. The molecule has 8 nitrogen and oxygen atoms in total. The Kier molecular flexibility index (Phi) is 6.32. The molecule has 0 unspecified atom stereocenters. The summed E-state index contributed by atoms with van der Waals surface area (Å²) in [7, 11) is 0. The summed E-state index contributed by atoms with van der Waals surface area (Å²) >= 11 is 0. The van der Waals surface area contributed by atoms with Crippen molar-refractivity contribution in [2.24, 2.45) is 0 Å². The predicted molar refractivity (Wildman–Crippen MR) is 97.3 cm³/mol. The highest BCUT2D eigenvalue weighted by Gasteiger charge is 2.16. The van der Waals surface area contributed by atoms with E-state index >= 15 is 0 Å². The second-order valence-electron chi connectivity index (χ2n) is 6.88. The fraction of sp³-hybridized carbons (Fsp3) is 0.444. The first-order chi connectivity index (χ1) is 12.3. The van der Waals surface area contributed by atoms with E-state index in [9.17, 15) is 9.59 Å². The number of nitrogens with one attached hydrogen (secondary N) is 2. The quantitative estimate of drug-likeness (QED) is 0.771. The van der Waals surface area contributed by atoms with Crippen molar-refractivity contribution in [3.05, 3.63) is 41.7 Å². The molecule has 140 valence electrons. The number of hydrogen-bond donors (Lipinski definition) is 2. The number of carbonyl (C=O) groups excluding carboxylic acids is 2. The molecule has 0 saturated heterocycles. The third kappa shape index (κ3) is 5.87. The molecule has 2 amide bonds. The third-order valence-corrected chi connectivity index (χ3v) is 3.34. The maximum atomic E-state index is 12.5. The van der Waals surface area contributed by atoms with Crippen LogP contribution in [0.25, 0.3) is 5.69 Å². The van der Waals surface area contributed by atoms with Crippen molar-refractivity contribution in [2.75, 3.05) is 13.1 Å². The van der Waals surface area contributed by atoms with Crippen molar-refractivity contribution in [3.8, 4) is 5.69 Å². The Labute approximate surface area is 152 Å². The number of nitrogens with zero attached hydrogens (tertiary/aromatic N) is 3. The maximum Gasteiger partial charge on any atom is 0.407 e. The number of aromatic nitrogens is 3. The first kappa shape index (κ1) is 19.4. The summed E-state index contributed by atoms with van der Waals surface area (Å²) in [6.07, 6.45) is 3.24. The number of alkyl carbamates (subject to hydrolysis) is 1. The van der Waals surface area contributed by atoms with E-state index in [1.165, 1.54) is 4.80 Å². The van der Waals surface area contributed by atoms with E-state index < -0.39 is 11.7 Å². The smallest absolute Gasteiger partial charge is 0.407 e. The molecular formula is C18H25N5O3. The molecule has 1 aromatic heterocycles. The highest BCUT2D eigenvalue weighted by Crippen LogP contribution is 2.15. The highest BCUT2D eigenvalue weighted by molar-refractivity contribution is 5.97. The molecule has 1 heterocycles. The molecular weight excluding hydrogens is 334 g/mol. The molecule has 2 aromatic rings. The van der Waals surface area contributed by atoms with Crippen LogP contribution in [0.5, 0.6) is 0 Å². The monoisotopic (exact) mass is 359 g/mol. The zero-order valence-electron chi connectivity index (χ0n) is 15.6.